The van der Waals surface area contributed by atoms with E-state index in [9.17, 15) is 10.2 Å². The van der Waals surface area contributed by atoms with Crippen molar-refractivity contribution in [1.82, 2.24) is 9.80 Å². The Morgan fingerprint density at radius 1 is 0.895 bits per heavy atom. The summed E-state index contributed by atoms with van der Waals surface area (Å²) in [6.07, 6.45) is 0.930. The van der Waals surface area contributed by atoms with E-state index in [1.807, 2.05) is 13.8 Å². The molecule has 4 N–H and O–H groups in total. The van der Waals surface area contributed by atoms with Gasteiger partial charge in [-0.25, -0.2) is 0 Å². The minimum atomic E-state index is -4.67. The summed E-state index contributed by atoms with van der Waals surface area (Å²) in [4.78, 5) is 4.14. The van der Waals surface area contributed by atoms with Crippen LogP contribution >= 0.6 is 0 Å². The SMILES string of the molecule is CCC(O)N1CCN(C(O)CC)CC1.O=S(=O)(O)O. The van der Waals surface area contributed by atoms with Gasteiger partial charge in [-0.2, -0.15) is 8.42 Å². The Labute approximate surface area is 114 Å². The van der Waals surface area contributed by atoms with E-state index in [0.29, 0.717) is 0 Å². The van der Waals surface area contributed by atoms with Crippen molar-refractivity contribution in [2.24, 2.45) is 0 Å². The van der Waals surface area contributed by atoms with Gasteiger partial charge in [0.1, 0.15) is 12.5 Å². The summed E-state index contributed by atoms with van der Waals surface area (Å²) in [6, 6.07) is 0. The fourth-order valence-electron chi connectivity index (χ4n) is 1.85. The van der Waals surface area contributed by atoms with Crippen molar-refractivity contribution in [3.05, 3.63) is 0 Å². The van der Waals surface area contributed by atoms with Crippen molar-refractivity contribution in [2.75, 3.05) is 26.2 Å². The molecule has 1 fully saturated rings. The Balaban J connectivity index is 0.000000555. The second-order valence-electron chi connectivity index (χ2n) is 4.30. The first-order valence-corrected chi connectivity index (χ1v) is 7.62. The van der Waals surface area contributed by atoms with Gasteiger partial charge in [0.2, 0.25) is 0 Å². The van der Waals surface area contributed by atoms with Crippen LogP contribution in [0.2, 0.25) is 0 Å². The van der Waals surface area contributed by atoms with Crippen molar-refractivity contribution in [3.8, 4) is 0 Å². The average molecular weight is 300 g/mol. The molecule has 19 heavy (non-hydrogen) atoms. The first-order chi connectivity index (χ1) is 8.69. The van der Waals surface area contributed by atoms with Crippen molar-refractivity contribution in [2.45, 2.75) is 39.1 Å². The van der Waals surface area contributed by atoms with Crippen molar-refractivity contribution < 1.29 is 27.7 Å². The minimum absolute atomic E-state index is 0.309. The van der Waals surface area contributed by atoms with Gasteiger partial charge in [-0.3, -0.25) is 18.9 Å². The third-order valence-corrected chi connectivity index (χ3v) is 2.92. The molecule has 0 aromatic heterocycles. The predicted octanol–water partition coefficient (Wildman–Crippen LogP) is -0.592. The second-order valence-corrected chi connectivity index (χ2v) is 5.19. The maximum atomic E-state index is 9.61. The highest BCUT2D eigenvalue weighted by Gasteiger charge is 2.23. The molecule has 0 aromatic carbocycles. The summed E-state index contributed by atoms with van der Waals surface area (Å²) in [5.41, 5.74) is 0. The van der Waals surface area contributed by atoms with Crippen LogP contribution < -0.4 is 0 Å². The third-order valence-electron chi connectivity index (χ3n) is 2.92. The van der Waals surface area contributed by atoms with Gasteiger partial charge >= 0.3 is 10.4 Å². The van der Waals surface area contributed by atoms with Gasteiger partial charge in [0.25, 0.3) is 0 Å². The number of hydrogen-bond acceptors (Lipinski definition) is 6. The van der Waals surface area contributed by atoms with Crippen molar-refractivity contribution in [3.63, 3.8) is 0 Å². The molecule has 2 atom stereocenters. The van der Waals surface area contributed by atoms with E-state index < -0.39 is 10.4 Å². The lowest BCUT2D eigenvalue weighted by Crippen LogP contribution is -2.52. The van der Waals surface area contributed by atoms with Crippen molar-refractivity contribution >= 4 is 10.4 Å². The van der Waals surface area contributed by atoms with Crippen molar-refractivity contribution in [1.29, 1.82) is 0 Å². The summed E-state index contributed by atoms with van der Waals surface area (Å²) >= 11 is 0. The van der Waals surface area contributed by atoms with Crippen LogP contribution in [-0.2, 0) is 10.4 Å². The molecule has 0 aromatic rings. The van der Waals surface area contributed by atoms with Gasteiger partial charge in [0.15, 0.2) is 0 Å². The molecule has 2 unspecified atom stereocenters. The van der Waals surface area contributed by atoms with E-state index in [-0.39, 0.29) is 12.5 Å². The van der Waals surface area contributed by atoms with Gasteiger partial charge < -0.3 is 10.2 Å². The maximum absolute atomic E-state index is 9.61. The van der Waals surface area contributed by atoms with Crippen LogP contribution in [0.1, 0.15) is 26.7 Å². The monoisotopic (exact) mass is 300 g/mol. The van der Waals surface area contributed by atoms with Crippen LogP contribution in [0.25, 0.3) is 0 Å². The molecule has 1 aliphatic heterocycles. The molecule has 1 aliphatic rings. The summed E-state index contributed by atoms with van der Waals surface area (Å²) in [7, 11) is -4.67. The smallest absolute Gasteiger partial charge is 0.378 e. The zero-order valence-electron chi connectivity index (χ0n) is 11.3. The number of hydrogen-bond donors (Lipinski definition) is 4. The molecule has 0 bridgehead atoms. The first kappa shape index (κ1) is 18.7. The quantitative estimate of drug-likeness (QED) is 0.508. The second kappa shape index (κ2) is 8.80. The molecule has 9 heteroatoms. The Bertz CT molecular complexity index is 303. The van der Waals surface area contributed by atoms with Crippen LogP contribution in [-0.4, -0.2) is 76.2 Å². The maximum Gasteiger partial charge on any atom is 0.394 e. The molecule has 0 spiro atoms. The number of rotatable bonds is 4. The van der Waals surface area contributed by atoms with Gasteiger partial charge in [-0.15, -0.1) is 0 Å². The van der Waals surface area contributed by atoms with E-state index in [1.54, 1.807) is 0 Å². The van der Waals surface area contributed by atoms with Gasteiger partial charge in [0.05, 0.1) is 0 Å². The molecule has 1 heterocycles. The number of aliphatic hydroxyl groups is 2. The fourth-order valence-corrected chi connectivity index (χ4v) is 1.85. The molecule has 0 aliphatic carbocycles. The number of piperazine rings is 1. The molecular formula is C10H24N2O6S. The predicted molar refractivity (Wildman–Crippen MR) is 69.9 cm³/mol. The summed E-state index contributed by atoms with van der Waals surface area (Å²) in [5, 5.41) is 19.2. The zero-order chi connectivity index (χ0) is 15.1. The Morgan fingerprint density at radius 3 is 1.26 bits per heavy atom. The van der Waals surface area contributed by atoms with Crippen LogP contribution in [0.15, 0.2) is 0 Å². The number of nitrogens with zero attached hydrogens (tertiary/aromatic N) is 2. The summed E-state index contributed by atoms with van der Waals surface area (Å²) in [6.45, 7) is 7.38. The lowest BCUT2D eigenvalue weighted by atomic mass is 10.2. The van der Waals surface area contributed by atoms with Crippen LogP contribution in [0.4, 0.5) is 0 Å². The average Bonchev–Trinajstić information content (AvgIpc) is 2.35. The largest absolute Gasteiger partial charge is 0.394 e. The summed E-state index contributed by atoms with van der Waals surface area (Å²) in [5.74, 6) is 0. The lowest BCUT2D eigenvalue weighted by molar-refractivity contribution is -0.0704. The normalized spacial score (nSPS) is 21.4. The van der Waals surface area contributed by atoms with E-state index in [2.05, 4.69) is 9.80 Å². The van der Waals surface area contributed by atoms with Gasteiger partial charge in [0, 0.05) is 26.2 Å². The molecule has 1 saturated heterocycles. The Hall–Kier alpha value is -0.290. The highest BCUT2D eigenvalue weighted by Crippen LogP contribution is 2.10. The van der Waals surface area contributed by atoms with Crippen LogP contribution in [0.3, 0.4) is 0 Å². The fraction of sp³-hybridized carbons (Fsp3) is 1.00. The topological polar surface area (TPSA) is 122 Å². The molecule has 0 saturated carbocycles. The lowest BCUT2D eigenvalue weighted by Gasteiger charge is -2.38. The highest BCUT2D eigenvalue weighted by atomic mass is 32.3. The van der Waals surface area contributed by atoms with Gasteiger partial charge in [-0.1, -0.05) is 13.8 Å². The van der Waals surface area contributed by atoms with E-state index in [4.69, 9.17) is 17.5 Å². The highest BCUT2D eigenvalue weighted by molar-refractivity contribution is 7.79. The third kappa shape index (κ3) is 9.27. The Kier molecular flexibility index (Phi) is 8.66. The molecule has 1 rings (SSSR count). The van der Waals surface area contributed by atoms with E-state index in [0.717, 1.165) is 39.0 Å². The Morgan fingerprint density at radius 2 is 1.11 bits per heavy atom. The zero-order valence-corrected chi connectivity index (χ0v) is 12.1. The molecule has 0 radical (unpaired) electrons. The molecule has 8 nitrogen and oxygen atoms in total. The van der Waals surface area contributed by atoms with E-state index in [1.165, 1.54) is 0 Å². The standard InChI is InChI=1S/C10H22N2O2.H2O4S/c1-3-9(13)11-5-7-12(8-6-11)10(14)4-2;1-5(2,3)4/h9-10,13-14H,3-8H2,1-2H3;(H2,1,2,3,4). The van der Waals surface area contributed by atoms with Crippen LogP contribution in [0.5, 0.6) is 0 Å². The molecule has 116 valence electrons. The molecule has 0 amide bonds. The summed E-state index contributed by atoms with van der Waals surface area (Å²) < 4.78 is 31.6. The first-order valence-electron chi connectivity index (χ1n) is 6.23. The van der Waals surface area contributed by atoms with Crippen LogP contribution in [0, 0.1) is 0 Å². The number of aliphatic hydroxyl groups excluding tert-OH is 2. The minimum Gasteiger partial charge on any atom is -0.378 e. The van der Waals surface area contributed by atoms with E-state index >= 15 is 0 Å². The molecular weight excluding hydrogens is 276 g/mol. The van der Waals surface area contributed by atoms with Gasteiger partial charge in [-0.05, 0) is 12.8 Å².